The molecule has 105 heavy (non-hydrogen) atoms. The van der Waals surface area contributed by atoms with Gasteiger partial charge in [0.05, 0.1) is 19.8 Å². The van der Waals surface area contributed by atoms with Crippen molar-refractivity contribution in [3.05, 3.63) is 57.5 Å². The Balaban J connectivity index is 0.00000159. The minimum absolute atomic E-state index is 0.0229. The van der Waals surface area contributed by atoms with Gasteiger partial charge in [0.1, 0.15) is 88.6 Å². The molecule has 1 aliphatic rings. The van der Waals surface area contributed by atoms with E-state index in [1.165, 1.54) is 107 Å². The molecular formula is C78H129N11O16. The molecule has 0 aliphatic carbocycles. The summed E-state index contributed by atoms with van der Waals surface area (Å²) in [6.45, 7) is 35.0. The summed E-state index contributed by atoms with van der Waals surface area (Å²) in [5, 5.41) is 33.3. The molecule has 0 spiro atoms. The maximum Gasteiger partial charge on any atom is 0.246 e. The van der Waals surface area contributed by atoms with Gasteiger partial charge in [0.25, 0.3) is 0 Å². The fourth-order valence-electron chi connectivity index (χ4n) is 12.8. The van der Waals surface area contributed by atoms with Crippen molar-refractivity contribution in [2.75, 3.05) is 63.0 Å². The van der Waals surface area contributed by atoms with E-state index in [1.807, 2.05) is 81.4 Å². The fraction of sp³-hybridized carbons (Fsp3) is 0.692. The number of hydrogen-bond acceptors (Lipinski definition) is 16. The van der Waals surface area contributed by atoms with Crippen molar-refractivity contribution in [2.24, 2.45) is 41.4 Å². The summed E-state index contributed by atoms with van der Waals surface area (Å²) in [4.78, 5) is 181. The summed E-state index contributed by atoms with van der Waals surface area (Å²) in [5.41, 5.74) is 2.07. The first kappa shape index (κ1) is 92.7. The lowest BCUT2D eigenvalue weighted by Gasteiger charge is -2.41. The van der Waals surface area contributed by atoms with E-state index in [4.69, 9.17) is 9.15 Å². The van der Waals surface area contributed by atoms with Crippen LogP contribution in [0.4, 0.5) is 0 Å². The molecule has 0 bridgehead atoms. The van der Waals surface area contributed by atoms with Crippen LogP contribution in [0.5, 0.6) is 11.5 Å². The van der Waals surface area contributed by atoms with Gasteiger partial charge in [0.2, 0.25) is 65.0 Å². The number of nitrogens with one attached hydrogen (secondary N) is 4. The molecule has 6 N–H and O–H groups in total. The summed E-state index contributed by atoms with van der Waals surface area (Å²) >= 11 is 0. The molecule has 12 atom stereocenters. The zero-order chi connectivity index (χ0) is 80.8. The van der Waals surface area contributed by atoms with Crippen LogP contribution < -0.4 is 31.4 Å². The van der Waals surface area contributed by atoms with Gasteiger partial charge in [-0.2, -0.15) is 0 Å². The molecule has 2 aromatic rings. The van der Waals surface area contributed by atoms with Gasteiger partial charge in [0, 0.05) is 67.0 Å². The molecule has 0 saturated carbocycles. The number of benzene rings is 1. The number of fused-ring (bicyclic) bond motifs is 1. The number of phenolic OH excluding ortho intramolecular Hbond substituents is 1. The van der Waals surface area contributed by atoms with E-state index in [9.17, 15) is 58.2 Å². The molecule has 1 saturated heterocycles. The van der Waals surface area contributed by atoms with Crippen LogP contribution in [0.2, 0.25) is 0 Å². The first-order valence-corrected chi connectivity index (χ1v) is 37.0. The number of aromatic hydroxyl groups is 1. The number of nitrogens with zero attached hydrogens (tertiary/aromatic N) is 7. The Bertz CT molecular complexity index is 3450. The quantitative estimate of drug-likeness (QED) is 0.0857. The van der Waals surface area contributed by atoms with Gasteiger partial charge >= 0.3 is 0 Å². The van der Waals surface area contributed by atoms with E-state index in [1.54, 1.807) is 61.5 Å². The molecule has 12 unspecified atom stereocenters. The van der Waals surface area contributed by atoms with Crippen molar-refractivity contribution in [3.63, 3.8) is 0 Å². The van der Waals surface area contributed by atoms with Crippen molar-refractivity contribution in [1.82, 2.24) is 55.6 Å². The second kappa shape index (κ2) is 42.1. The Kier molecular flexibility index (Phi) is 37.2. The standard InChI is InChI=1S/C62H111N11O12.C16H18O4/c1-25-27-28-40(15)52(75)51-56(79)65-43(26-2)58(81)67(18)33-48(74)68(19)44(29-34(3)4)55(78)66-49(38(11)12)61(84)69(20)45(30-35(5)6)54(77)63-41(16)53(76)64-42(17)57(80)70(21)46(31-36(7)8)59(82)71(22)47(32-37(9)10)60(83)72(23)50(39(13)14)62(85)73(51)24;1-9(2)5-6-11-14(19-4)8-13(18)15-12(17)7-10(3)20-16(11)15/h25,27,34-47,49-52,75H,26,28-33H2,1-24H3,(H,63,77)(H,64,76)(H,65,79)(H,66,78);5,7-8,18H,6H2,1-4H3. The number of carbonyl (C=O) groups excluding carboxylic acids is 11. The number of phenols is 1. The first-order chi connectivity index (χ1) is 48.6. The number of ether oxygens (including phenoxy) is 1. The third-order valence-electron chi connectivity index (χ3n) is 19.2. The van der Waals surface area contributed by atoms with Gasteiger partial charge in [-0.1, -0.05) is 121 Å². The molecular weight excluding hydrogens is 1350 g/mol. The molecule has 27 nitrogen and oxygen atoms in total. The van der Waals surface area contributed by atoms with E-state index < -0.39 is 156 Å². The Morgan fingerprint density at radius 3 is 1.51 bits per heavy atom. The largest absolute Gasteiger partial charge is 0.507 e. The summed E-state index contributed by atoms with van der Waals surface area (Å²) in [6, 6.07) is -9.49. The first-order valence-electron chi connectivity index (χ1n) is 37.0. The number of carbonyl (C=O) groups is 11. The molecule has 2 heterocycles. The van der Waals surface area contributed by atoms with Crippen LogP contribution in [0.1, 0.15) is 181 Å². The molecule has 1 aromatic carbocycles. The lowest BCUT2D eigenvalue weighted by atomic mass is 9.91. The summed E-state index contributed by atoms with van der Waals surface area (Å²) in [6.07, 6.45) is 5.65. The van der Waals surface area contributed by atoms with Crippen LogP contribution in [0.25, 0.3) is 11.0 Å². The predicted octanol–water partition coefficient (Wildman–Crippen LogP) is 6.59. The second-order valence-electron chi connectivity index (χ2n) is 31.1. The zero-order valence-electron chi connectivity index (χ0n) is 68.2. The minimum atomic E-state index is -1.61. The average Bonchev–Trinajstić information content (AvgIpc) is 0.776. The number of amides is 11. The number of allylic oxidation sites excluding steroid dienone is 4. The topological polar surface area (TPSA) is 338 Å². The smallest absolute Gasteiger partial charge is 0.246 e. The lowest BCUT2D eigenvalue weighted by molar-refractivity contribution is -0.157. The second-order valence-corrected chi connectivity index (χ2v) is 31.1. The lowest BCUT2D eigenvalue weighted by Crippen LogP contribution is -2.63. The molecule has 1 aliphatic heterocycles. The van der Waals surface area contributed by atoms with Crippen LogP contribution in [0, 0.1) is 48.3 Å². The highest BCUT2D eigenvalue weighted by Gasteiger charge is 2.46. The number of aliphatic hydroxyl groups excluding tert-OH is 1. The monoisotopic (exact) mass is 1480 g/mol. The SMILES string of the molecule is CC=CCC(C)C(O)C1C(=O)NC(CC)C(=O)N(C)CC(=O)N(C)C(CC(C)C)C(=O)NC(C(C)C)C(=O)N(C)C(CC(C)C)C(=O)NC(C)C(=O)NC(C)C(=O)N(C)C(CC(C)C)C(=O)N(C)C(CC(C)C)C(=O)N(C)C(C(C)C)C(=O)N1C.COc1cc(O)c2c(=O)cc(C)oc2c1CC=C(C)C. The van der Waals surface area contributed by atoms with Crippen LogP contribution in [0.15, 0.2) is 45.1 Å². The van der Waals surface area contributed by atoms with Crippen molar-refractivity contribution in [2.45, 2.75) is 250 Å². The molecule has 27 heteroatoms. The van der Waals surface area contributed by atoms with Gasteiger partial charge in [-0.3, -0.25) is 57.5 Å². The highest BCUT2D eigenvalue weighted by atomic mass is 16.5. The van der Waals surface area contributed by atoms with Crippen LogP contribution >= 0.6 is 0 Å². The number of likely N-dealkylation sites (N-methyl/N-ethyl adjacent to an activating group) is 7. The predicted molar refractivity (Wildman–Crippen MR) is 407 cm³/mol. The molecule has 1 aromatic heterocycles. The minimum Gasteiger partial charge on any atom is -0.507 e. The Morgan fingerprint density at radius 2 is 1.04 bits per heavy atom. The highest BCUT2D eigenvalue weighted by Crippen LogP contribution is 2.35. The Morgan fingerprint density at radius 1 is 0.571 bits per heavy atom. The van der Waals surface area contributed by atoms with Gasteiger partial charge in [-0.25, -0.2) is 0 Å². The van der Waals surface area contributed by atoms with Crippen LogP contribution in [0.3, 0.4) is 0 Å². The number of hydrogen-bond donors (Lipinski definition) is 6. The number of aliphatic hydroxyl groups is 1. The summed E-state index contributed by atoms with van der Waals surface area (Å²) in [7, 11) is 11.4. The normalized spacial score (nSPS) is 23.8. The molecule has 1 fully saturated rings. The maximum atomic E-state index is 15.1. The van der Waals surface area contributed by atoms with Gasteiger partial charge in [-0.15, -0.1) is 0 Å². The molecule has 592 valence electrons. The van der Waals surface area contributed by atoms with E-state index in [0.717, 1.165) is 20.9 Å². The summed E-state index contributed by atoms with van der Waals surface area (Å²) < 4.78 is 11.0. The number of aryl methyl sites for hydroxylation is 1. The van der Waals surface area contributed by atoms with Crippen LogP contribution in [-0.2, 0) is 59.2 Å². The Hall–Kier alpha value is -8.36. The van der Waals surface area contributed by atoms with Gasteiger partial charge in [-0.05, 0) is 128 Å². The number of methoxy groups -OCH3 is 1. The highest BCUT2D eigenvalue weighted by molar-refractivity contribution is 6.00. The molecule has 0 radical (unpaired) electrons. The van der Waals surface area contributed by atoms with Gasteiger partial charge in [0.15, 0.2) is 5.43 Å². The van der Waals surface area contributed by atoms with Crippen molar-refractivity contribution < 1.29 is 72.1 Å². The van der Waals surface area contributed by atoms with Gasteiger partial charge < -0.3 is 74.9 Å². The zero-order valence-corrected chi connectivity index (χ0v) is 68.2. The van der Waals surface area contributed by atoms with E-state index in [-0.39, 0.29) is 72.3 Å². The van der Waals surface area contributed by atoms with Crippen molar-refractivity contribution >= 4 is 75.9 Å². The number of rotatable bonds is 18. The van der Waals surface area contributed by atoms with E-state index in [2.05, 4.69) is 21.3 Å². The van der Waals surface area contributed by atoms with E-state index in [0.29, 0.717) is 29.9 Å². The third-order valence-corrected chi connectivity index (χ3v) is 19.2. The fourth-order valence-corrected chi connectivity index (χ4v) is 12.8. The van der Waals surface area contributed by atoms with E-state index >= 15 is 9.59 Å². The average molecular weight is 1480 g/mol. The Labute approximate surface area is 624 Å². The van der Waals surface area contributed by atoms with Crippen molar-refractivity contribution in [1.29, 1.82) is 0 Å². The molecule has 3 rings (SSSR count). The van der Waals surface area contributed by atoms with Crippen LogP contribution in [-0.4, -0.2) is 239 Å². The summed E-state index contributed by atoms with van der Waals surface area (Å²) in [5.74, 6) is -8.80. The third kappa shape index (κ3) is 25.7. The van der Waals surface area contributed by atoms with Crippen molar-refractivity contribution in [3.8, 4) is 11.5 Å². The molecule has 11 amide bonds. The maximum absolute atomic E-state index is 15.1.